The highest BCUT2D eigenvalue weighted by atomic mass is 16.5. The van der Waals surface area contributed by atoms with Gasteiger partial charge in [0.25, 0.3) is 0 Å². The predicted octanol–water partition coefficient (Wildman–Crippen LogP) is 2.11. The molecule has 0 saturated carbocycles. The molecule has 1 aromatic rings. The fraction of sp³-hybridized carbons (Fsp3) is 0.714. The van der Waals surface area contributed by atoms with E-state index in [4.69, 9.17) is 10.5 Å². The number of hydrogen-bond acceptors (Lipinski definition) is 4. The third kappa shape index (κ3) is 4.06. The van der Waals surface area contributed by atoms with E-state index in [1.54, 1.807) is 18.0 Å². The summed E-state index contributed by atoms with van der Waals surface area (Å²) in [5, 5.41) is 4.16. The summed E-state index contributed by atoms with van der Waals surface area (Å²) in [5.41, 5.74) is 6.32. The molecule has 0 radical (unpaired) electrons. The second-order valence-electron chi connectivity index (χ2n) is 5.24. The van der Waals surface area contributed by atoms with Crippen molar-refractivity contribution in [2.24, 2.45) is 17.6 Å². The Morgan fingerprint density at radius 3 is 2.68 bits per heavy atom. The summed E-state index contributed by atoms with van der Waals surface area (Å²) in [7, 11) is 1.56. The minimum Gasteiger partial charge on any atom is -0.493 e. The minimum atomic E-state index is 0.0623. The van der Waals surface area contributed by atoms with Gasteiger partial charge in [-0.2, -0.15) is 5.10 Å². The molecule has 0 aliphatic heterocycles. The lowest BCUT2D eigenvalue weighted by Gasteiger charge is -2.16. The molecule has 1 heterocycles. The van der Waals surface area contributed by atoms with Crippen LogP contribution in [0.5, 0.6) is 5.75 Å². The first-order chi connectivity index (χ1) is 9.03. The van der Waals surface area contributed by atoms with Crippen LogP contribution < -0.4 is 10.5 Å². The molecule has 1 atom stereocenters. The van der Waals surface area contributed by atoms with Crippen LogP contribution in [0.15, 0.2) is 6.20 Å². The van der Waals surface area contributed by atoms with Gasteiger partial charge in [0.05, 0.1) is 13.3 Å². The Labute approximate surface area is 115 Å². The second kappa shape index (κ2) is 7.28. The maximum Gasteiger partial charge on any atom is 0.184 e. The van der Waals surface area contributed by atoms with Gasteiger partial charge in [-0.05, 0) is 31.7 Å². The highest BCUT2D eigenvalue weighted by Crippen LogP contribution is 2.23. The number of carbonyl (C=O) groups is 1. The van der Waals surface area contributed by atoms with Gasteiger partial charge in [-0.15, -0.1) is 0 Å². The fourth-order valence-electron chi connectivity index (χ4n) is 2.33. The Hall–Kier alpha value is -1.36. The topological polar surface area (TPSA) is 70.1 Å². The van der Waals surface area contributed by atoms with Gasteiger partial charge in [-0.25, -0.2) is 0 Å². The number of ether oxygens (including phenoxy) is 1. The van der Waals surface area contributed by atoms with Crippen molar-refractivity contribution in [2.75, 3.05) is 13.7 Å². The van der Waals surface area contributed by atoms with E-state index >= 15 is 0 Å². The van der Waals surface area contributed by atoms with Gasteiger partial charge in [-0.1, -0.05) is 13.8 Å². The molecule has 19 heavy (non-hydrogen) atoms. The Morgan fingerprint density at radius 2 is 2.21 bits per heavy atom. The summed E-state index contributed by atoms with van der Waals surface area (Å²) in [5.74, 6) is 1.37. The van der Waals surface area contributed by atoms with E-state index in [2.05, 4.69) is 18.9 Å². The first-order valence-electron chi connectivity index (χ1n) is 6.86. The third-order valence-corrected chi connectivity index (χ3v) is 3.20. The number of nitrogens with zero attached hydrogens (tertiary/aromatic N) is 2. The molecule has 0 aromatic carbocycles. The Morgan fingerprint density at radius 1 is 1.53 bits per heavy atom. The highest BCUT2D eigenvalue weighted by Gasteiger charge is 2.22. The molecule has 0 saturated heterocycles. The molecule has 108 valence electrons. The normalized spacial score (nSPS) is 12.7. The number of ketones is 1. The smallest absolute Gasteiger partial charge is 0.184 e. The van der Waals surface area contributed by atoms with Crippen LogP contribution in [0.25, 0.3) is 0 Å². The third-order valence-electron chi connectivity index (χ3n) is 3.20. The number of rotatable bonds is 8. The van der Waals surface area contributed by atoms with Crippen molar-refractivity contribution in [3.8, 4) is 5.75 Å². The molecule has 0 fully saturated rings. The number of methoxy groups -OCH3 is 1. The average Bonchev–Trinajstić information content (AvgIpc) is 2.80. The van der Waals surface area contributed by atoms with E-state index in [0.717, 1.165) is 6.42 Å². The van der Waals surface area contributed by atoms with Crippen molar-refractivity contribution < 1.29 is 9.53 Å². The first kappa shape index (κ1) is 15.7. The SMILES string of the molecule is CCn1ncc(OC)c1C(=O)CC(CN)CC(C)C. The molecule has 1 rings (SSSR count). The Kier molecular flexibility index (Phi) is 6.02. The van der Waals surface area contributed by atoms with Crippen LogP contribution in [0.4, 0.5) is 0 Å². The minimum absolute atomic E-state index is 0.0623. The molecule has 0 aliphatic rings. The maximum atomic E-state index is 12.4. The molecule has 0 aliphatic carbocycles. The molecule has 5 heteroatoms. The Balaban J connectivity index is 2.84. The molecule has 2 N–H and O–H groups in total. The number of aromatic nitrogens is 2. The summed E-state index contributed by atoms with van der Waals surface area (Å²) in [6.07, 6.45) is 3.01. The average molecular weight is 267 g/mol. The quantitative estimate of drug-likeness (QED) is 0.732. The van der Waals surface area contributed by atoms with Crippen molar-refractivity contribution >= 4 is 5.78 Å². The molecule has 0 amide bonds. The number of aryl methyl sites for hydroxylation is 1. The summed E-state index contributed by atoms with van der Waals surface area (Å²) in [4.78, 5) is 12.4. The van der Waals surface area contributed by atoms with E-state index in [1.165, 1.54) is 0 Å². The number of carbonyl (C=O) groups excluding carboxylic acids is 1. The van der Waals surface area contributed by atoms with Gasteiger partial charge >= 0.3 is 0 Å². The van der Waals surface area contributed by atoms with Gasteiger partial charge in [0, 0.05) is 13.0 Å². The predicted molar refractivity (Wildman–Crippen MR) is 75.4 cm³/mol. The van der Waals surface area contributed by atoms with Crippen molar-refractivity contribution in [1.82, 2.24) is 9.78 Å². The van der Waals surface area contributed by atoms with Crippen LogP contribution in [0.3, 0.4) is 0 Å². The zero-order valence-electron chi connectivity index (χ0n) is 12.3. The molecule has 0 spiro atoms. The van der Waals surface area contributed by atoms with Crippen LogP contribution in [-0.2, 0) is 6.54 Å². The lowest BCUT2D eigenvalue weighted by atomic mass is 9.92. The first-order valence-corrected chi connectivity index (χ1v) is 6.86. The van der Waals surface area contributed by atoms with Gasteiger partial charge in [0.1, 0.15) is 5.69 Å². The van der Waals surface area contributed by atoms with E-state index in [1.807, 2.05) is 6.92 Å². The van der Waals surface area contributed by atoms with Crippen molar-refractivity contribution in [3.05, 3.63) is 11.9 Å². The van der Waals surface area contributed by atoms with Crippen LogP contribution >= 0.6 is 0 Å². The molecule has 0 bridgehead atoms. The van der Waals surface area contributed by atoms with E-state index in [9.17, 15) is 4.79 Å². The molecule has 1 unspecified atom stereocenters. The van der Waals surface area contributed by atoms with Gasteiger partial charge in [0.2, 0.25) is 0 Å². The van der Waals surface area contributed by atoms with Crippen LogP contribution in [0, 0.1) is 11.8 Å². The van der Waals surface area contributed by atoms with Crippen molar-refractivity contribution in [3.63, 3.8) is 0 Å². The van der Waals surface area contributed by atoms with E-state index < -0.39 is 0 Å². The Bertz CT molecular complexity index is 391. The number of nitrogens with two attached hydrogens (primary N) is 1. The standard InChI is InChI=1S/C14H25N3O2/c1-5-17-14(13(19-4)9-16-17)12(18)7-11(8-15)6-10(2)3/h9-11H,5-8,15H2,1-4H3. The van der Waals surface area contributed by atoms with Crippen molar-refractivity contribution in [1.29, 1.82) is 0 Å². The van der Waals surface area contributed by atoms with Gasteiger partial charge in [0.15, 0.2) is 11.5 Å². The molecular weight excluding hydrogens is 242 g/mol. The monoisotopic (exact) mass is 267 g/mol. The molecule has 5 nitrogen and oxygen atoms in total. The van der Waals surface area contributed by atoms with Gasteiger partial charge in [-0.3, -0.25) is 9.48 Å². The zero-order valence-corrected chi connectivity index (χ0v) is 12.3. The highest BCUT2D eigenvalue weighted by molar-refractivity contribution is 5.97. The zero-order chi connectivity index (χ0) is 14.4. The van der Waals surface area contributed by atoms with E-state index in [0.29, 0.717) is 36.9 Å². The molecular formula is C14H25N3O2. The fourth-order valence-corrected chi connectivity index (χ4v) is 2.33. The lowest BCUT2D eigenvalue weighted by Crippen LogP contribution is -2.21. The molecule has 1 aromatic heterocycles. The van der Waals surface area contributed by atoms with Crippen LogP contribution in [0.1, 0.15) is 44.1 Å². The largest absolute Gasteiger partial charge is 0.493 e. The number of hydrogen-bond donors (Lipinski definition) is 1. The van der Waals surface area contributed by atoms with E-state index in [-0.39, 0.29) is 11.7 Å². The summed E-state index contributed by atoms with van der Waals surface area (Å²) in [6.45, 7) is 7.43. The number of Topliss-reactive ketones (excluding diaryl/α,β-unsaturated/α-hetero) is 1. The van der Waals surface area contributed by atoms with Gasteiger partial charge < -0.3 is 10.5 Å². The second-order valence-corrected chi connectivity index (χ2v) is 5.24. The summed E-state index contributed by atoms with van der Waals surface area (Å²) >= 11 is 0. The lowest BCUT2D eigenvalue weighted by molar-refractivity contribution is 0.0943. The van der Waals surface area contributed by atoms with Crippen LogP contribution in [-0.4, -0.2) is 29.2 Å². The maximum absolute atomic E-state index is 12.4. The summed E-state index contributed by atoms with van der Waals surface area (Å²) in [6, 6.07) is 0. The summed E-state index contributed by atoms with van der Waals surface area (Å²) < 4.78 is 6.89. The van der Waals surface area contributed by atoms with Crippen molar-refractivity contribution in [2.45, 2.75) is 40.2 Å². The van der Waals surface area contributed by atoms with Crippen LogP contribution in [0.2, 0.25) is 0 Å².